The highest BCUT2D eigenvalue weighted by molar-refractivity contribution is 5.89. The van der Waals surface area contributed by atoms with Crippen LogP contribution in [0.2, 0.25) is 0 Å². The fourth-order valence-corrected chi connectivity index (χ4v) is 1.71. The molecule has 1 unspecified atom stereocenters. The quantitative estimate of drug-likeness (QED) is 0.340. The minimum atomic E-state index is -2.22. The van der Waals surface area contributed by atoms with E-state index >= 15 is 0 Å². The van der Waals surface area contributed by atoms with Crippen molar-refractivity contribution >= 4 is 17.9 Å². The molecule has 0 aliphatic heterocycles. The lowest BCUT2D eigenvalue weighted by Gasteiger charge is -2.36. The number of hydrogen-bond donors (Lipinski definition) is 1. The number of ether oxygens (including phenoxy) is 3. The minimum Gasteiger partial charge on any atom is -0.454 e. The Kier molecular flexibility index (Phi) is 9.57. The summed E-state index contributed by atoms with van der Waals surface area (Å²) in [7, 11) is 0. The van der Waals surface area contributed by atoms with Crippen LogP contribution in [0.15, 0.2) is 36.5 Å². The van der Waals surface area contributed by atoms with Crippen LogP contribution >= 0.6 is 0 Å². The van der Waals surface area contributed by atoms with E-state index in [1.807, 2.05) is 6.92 Å². The van der Waals surface area contributed by atoms with Crippen LogP contribution in [0.4, 0.5) is 0 Å². The standard InChI is InChI=1S/C19H28O7/c1-8-9-10-15(20)19(25-17(22)13(4)5,26-18(23)14(6)7)11-24-16(21)12(2)3/h15,20H,2,4,6,8-11H2,1,3,5,7H3. The summed E-state index contributed by atoms with van der Waals surface area (Å²) < 4.78 is 15.5. The number of esters is 3. The first-order chi connectivity index (χ1) is 12.0. The van der Waals surface area contributed by atoms with Gasteiger partial charge in [-0.15, -0.1) is 0 Å². The molecule has 0 aromatic heterocycles. The zero-order valence-corrected chi connectivity index (χ0v) is 15.9. The third-order valence-electron chi connectivity index (χ3n) is 3.32. The molecule has 7 nitrogen and oxygen atoms in total. The number of hydrogen-bond acceptors (Lipinski definition) is 7. The number of rotatable bonds is 11. The van der Waals surface area contributed by atoms with Gasteiger partial charge in [-0.25, -0.2) is 14.4 Å². The first-order valence-electron chi connectivity index (χ1n) is 8.25. The predicted molar refractivity (Wildman–Crippen MR) is 95.8 cm³/mol. The van der Waals surface area contributed by atoms with Crippen molar-refractivity contribution in [3.63, 3.8) is 0 Å². The molecule has 0 amide bonds. The molecule has 0 fully saturated rings. The van der Waals surface area contributed by atoms with Crippen molar-refractivity contribution in [3.8, 4) is 0 Å². The second-order valence-electron chi connectivity index (χ2n) is 6.17. The molecular weight excluding hydrogens is 340 g/mol. The fourth-order valence-electron chi connectivity index (χ4n) is 1.71. The van der Waals surface area contributed by atoms with E-state index in [1.165, 1.54) is 20.8 Å². The van der Waals surface area contributed by atoms with E-state index in [1.54, 1.807) is 0 Å². The second-order valence-corrected chi connectivity index (χ2v) is 6.17. The smallest absolute Gasteiger partial charge is 0.336 e. The summed E-state index contributed by atoms with van der Waals surface area (Å²) in [5, 5.41) is 10.6. The largest absolute Gasteiger partial charge is 0.454 e. The highest BCUT2D eigenvalue weighted by Gasteiger charge is 2.47. The van der Waals surface area contributed by atoms with Gasteiger partial charge in [-0.3, -0.25) is 0 Å². The summed E-state index contributed by atoms with van der Waals surface area (Å²) in [4.78, 5) is 35.9. The van der Waals surface area contributed by atoms with Crippen LogP contribution in [0.25, 0.3) is 0 Å². The topological polar surface area (TPSA) is 99.1 Å². The Morgan fingerprint density at radius 3 is 1.69 bits per heavy atom. The molecule has 0 radical (unpaired) electrons. The van der Waals surface area contributed by atoms with Gasteiger partial charge in [-0.1, -0.05) is 39.5 Å². The molecule has 0 aliphatic carbocycles. The van der Waals surface area contributed by atoms with Crippen molar-refractivity contribution in [1.29, 1.82) is 0 Å². The number of unbranched alkanes of at least 4 members (excludes halogenated alkanes) is 1. The molecule has 7 heteroatoms. The number of carbonyl (C=O) groups is 3. The molecule has 0 saturated heterocycles. The Hall–Kier alpha value is -2.41. The van der Waals surface area contributed by atoms with Gasteiger partial charge in [0.25, 0.3) is 0 Å². The van der Waals surface area contributed by atoms with E-state index in [4.69, 9.17) is 14.2 Å². The van der Waals surface area contributed by atoms with E-state index in [0.717, 1.165) is 6.42 Å². The Labute approximate surface area is 154 Å². The van der Waals surface area contributed by atoms with Gasteiger partial charge in [0.2, 0.25) is 0 Å². The molecule has 1 N–H and O–H groups in total. The van der Waals surface area contributed by atoms with Crippen LogP contribution in [0, 0.1) is 0 Å². The van der Waals surface area contributed by atoms with Gasteiger partial charge >= 0.3 is 23.7 Å². The van der Waals surface area contributed by atoms with E-state index in [9.17, 15) is 19.5 Å². The molecule has 0 spiro atoms. The summed E-state index contributed by atoms with van der Waals surface area (Å²) in [6.45, 7) is 15.8. The van der Waals surface area contributed by atoms with Gasteiger partial charge in [-0.05, 0) is 27.2 Å². The number of carbonyl (C=O) groups excluding carboxylic acids is 3. The number of aliphatic hydroxyl groups is 1. The van der Waals surface area contributed by atoms with Crippen molar-refractivity contribution in [2.45, 2.75) is 58.8 Å². The van der Waals surface area contributed by atoms with Crippen LogP contribution in [0.3, 0.4) is 0 Å². The van der Waals surface area contributed by atoms with Crippen LogP contribution < -0.4 is 0 Å². The average Bonchev–Trinajstić information content (AvgIpc) is 2.56. The van der Waals surface area contributed by atoms with Crippen LogP contribution in [-0.2, 0) is 28.6 Å². The van der Waals surface area contributed by atoms with Crippen LogP contribution in [0.1, 0.15) is 47.0 Å². The molecule has 0 saturated carbocycles. The zero-order valence-electron chi connectivity index (χ0n) is 15.9. The lowest BCUT2D eigenvalue weighted by Crippen LogP contribution is -2.54. The molecule has 26 heavy (non-hydrogen) atoms. The summed E-state index contributed by atoms with van der Waals surface area (Å²) in [6, 6.07) is 0. The molecule has 0 rings (SSSR count). The molecule has 0 aromatic carbocycles. The van der Waals surface area contributed by atoms with Crippen LogP contribution in [0.5, 0.6) is 0 Å². The van der Waals surface area contributed by atoms with Crippen molar-refractivity contribution < 1.29 is 33.7 Å². The third kappa shape index (κ3) is 7.23. The Morgan fingerprint density at radius 2 is 1.35 bits per heavy atom. The third-order valence-corrected chi connectivity index (χ3v) is 3.32. The van der Waals surface area contributed by atoms with Crippen molar-refractivity contribution in [1.82, 2.24) is 0 Å². The maximum absolute atomic E-state index is 12.1. The van der Waals surface area contributed by atoms with Gasteiger partial charge < -0.3 is 19.3 Å². The van der Waals surface area contributed by atoms with Gasteiger partial charge in [0, 0.05) is 16.7 Å². The SMILES string of the molecule is C=C(C)C(=O)OCC(OC(=O)C(=C)C)(OC(=O)C(=C)C)C(O)CCCC. The Morgan fingerprint density at radius 1 is 0.923 bits per heavy atom. The molecule has 146 valence electrons. The summed E-state index contributed by atoms with van der Waals surface area (Å²) in [5.74, 6) is -4.80. The predicted octanol–water partition coefficient (Wildman–Crippen LogP) is 2.59. The van der Waals surface area contributed by atoms with Gasteiger partial charge in [0.15, 0.2) is 6.61 Å². The highest BCUT2D eigenvalue weighted by atomic mass is 16.8. The van der Waals surface area contributed by atoms with Crippen molar-refractivity contribution in [3.05, 3.63) is 36.5 Å². The molecule has 0 aliphatic rings. The van der Waals surface area contributed by atoms with E-state index < -0.39 is 36.4 Å². The molecule has 1 atom stereocenters. The minimum absolute atomic E-state index is 0.0228. The van der Waals surface area contributed by atoms with E-state index in [0.29, 0.717) is 6.42 Å². The molecule has 0 bridgehead atoms. The first-order valence-corrected chi connectivity index (χ1v) is 8.25. The zero-order chi connectivity index (χ0) is 20.5. The fraction of sp³-hybridized carbons (Fsp3) is 0.526. The Balaban J connectivity index is 5.85. The molecular formula is C19H28O7. The average molecular weight is 368 g/mol. The van der Waals surface area contributed by atoms with Gasteiger partial charge in [0.05, 0.1) is 0 Å². The monoisotopic (exact) mass is 368 g/mol. The van der Waals surface area contributed by atoms with E-state index in [-0.39, 0.29) is 23.1 Å². The Bertz CT molecular complexity index is 561. The van der Waals surface area contributed by atoms with Crippen molar-refractivity contribution in [2.75, 3.05) is 6.61 Å². The molecule has 0 aromatic rings. The summed E-state index contributed by atoms with van der Waals surface area (Å²) in [6.07, 6.45) is 0.0225. The maximum atomic E-state index is 12.1. The molecule has 0 heterocycles. The maximum Gasteiger partial charge on any atom is 0.336 e. The summed E-state index contributed by atoms with van der Waals surface area (Å²) in [5.41, 5.74) is 0.142. The van der Waals surface area contributed by atoms with E-state index in [2.05, 4.69) is 19.7 Å². The lowest BCUT2D eigenvalue weighted by molar-refractivity contribution is -0.272. The highest BCUT2D eigenvalue weighted by Crippen LogP contribution is 2.26. The summed E-state index contributed by atoms with van der Waals surface area (Å²) >= 11 is 0. The van der Waals surface area contributed by atoms with Gasteiger partial charge in [0.1, 0.15) is 6.10 Å². The lowest BCUT2D eigenvalue weighted by atomic mass is 10.0. The first kappa shape index (κ1) is 23.6. The normalized spacial score (nSPS) is 11.9. The number of aliphatic hydroxyl groups excluding tert-OH is 1. The van der Waals surface area contributed by atoms with Crippen LogP contribution in [-0.4, -0.2) is 41.5 Å². The second kappa shape index (κ2) is 10.6. The van der Waals surface area contributed by atoms with Crippen molar-refractivity contribution in [2.24, 2.45) is 0 Å². The van der Waals surface area contributed by atoms with Gasteiger partial charge in [-0.2, -0.15) is 0 Å².